The SMILES string of the molecule is CS(=O)(=O)Nc1cccc(NCc2cccc(Cl)c2O)c1. The highest BCUT2D eigenvalue weighted by Gasteiger charge is 2.06. The van der Waals surface area contributed by atoms with Crippen LogP contribution >= 0.6 is 11.6 Å². The molecule has 0 aliphatic carbocycles. The van der Waals surface area contributed by atoms with E-state index < -0.39 is 10.0 Å². The van der Waals surface area contributed by atoms with Crippen LogP contribution in [0.15, 0.2) is 42.5 Å². The largest absolute Gasteiger partial charge is 0.506 e. The molecule has 7 heteroatoms. The summed E-state index contributed by atoms with van der Waals surface area (Å²) in [6, 6.07) is 12.0. The summed E-state index contributed by atoms with van der Waals surface area (Å²) in [6.07, 6.45) is 1.09. The Morgan fingerprint density at radius 3 is 2.52 bits per heavy atom. The van der Waals surface area contributed by atoms with Gasteiger partial charge in [0.1, 0.15) is 5.75 Å². The molecule has 5 nitrogen and oxygen atoms in total. The molecular weight excluding hydrogens is 312 g/mol. The van der Waals surface area contributed by atoms with E-state index in [-0.39, 0.29) is 5.75 Å². The lowest BCUT2D eigenvalue weighted by Crippen LogP contribution is -2.09. The molecule has 0 amide bonds. The van der Waals surface area contributed by atoms with Gasteiger partial charge in [0.15, 0.2) is 0 Å². The average Bonchev–Trinajstić information content (AvgIpc) is 2.39. The second-order valence-corrected chi connectivity index (χ2v) is 6.71. The summed E-state index contributed by atoms with van der Waals surface area (Å²) in [6.45, 7) is 0.370. The molecule has 2 aromatic carbocycles. The Bertz CT molecular complexity index is 748. The molecule has 0 saturated heterocycles. The first kappa shape index (κ1) is 15.5. The molecule has 0 radical (unpaired) electrons. The topological polar surface area (TPSA) is 78.4 Å². The van der Waals surface area contributed by atoms with E-state index in [0.717, 1.165) is 11.9 Å². The highest BCUT2D eigenvalue weighted by atomic mass is 35.5. The molecule has 0 saturated carbocycles. The number of anilines is 2. The van der Waals surface area contributed by atoms with E-state index in [9.17, 15) is 13.5 Å². The first-order valence-corrected chi connectivity index (χ1v) is 8.40. The summed E-state index contributed by atoms with van der Waals surface area (Å²) in [5.41, 5.74) is 1.85. The predicted octanol–water partition coefficient (Wildman–Crippen LogP) is 3.03. The lowest BCUT2D eigenvalue weighted by Gasteiger charge is -2.11. The molecule has 112 valence electrons. The van der Waals surface area contributed by atoms with Crippen LogP contribution in [0.1, 0.15) is 5.56 Å². The number of phenolic OH excluding ortho intramolecular Hbond substituents is 1. The summed E-state index contributed by atoms with van der Waals surface area (Å²) >= 11 is 5.84. The van der Waals surface area contributed by atoms with E-state index in [1.807, 2.05) is 0 Å². The number of sulfonamides is 1. The molecule has 0 bridgehead atoms. The Morgan fingerprint density at radius 1 is 1.14 bits per heavy atom. The van der Waals surface area contributed by atoms with Gasteiger partial charge in [-0.2, -0.15) is 0 Å². The summed E-state index contributed by atoms with van der Waals surface area (Å²) in [4.78, 5) is 0. The Hall–Kier alpha value is -1.92. The molecule has 0 aromatic heterocycles. The minimum Gasteiger partial charge on any atom is -0.506 e. The third kappa shape index (κ3) is 4.54. The number of benzene rings is 2. The number of nitrogens with one attached hydrogen (secondary N) is 2. The zero-order chi connectivity index (χ0) is 15.5. The van der Waals surface area contributed by atoms with Crippen LogP contribution in [0.3, 0.4) is 0 Å². The lowest BCUT2D eigenvalue weighted by atomic mass is 10.2. The molecular formula is C14H15ClN2O3S. The van der Waals surface area contributed by atoms with Crippen molar-refractivity contribution in [2.45, 2.75) is 6.54 Å². The average molecular weight is 327 g/mol. The smallest absolute Gasteiger partial charge is 0.229 e. The minimum absolute atomic E-state index is 0.0390. The van der Waals surface area contributed by atoms with Crippen LogP contribution < -0.4 is 10.0 Å². The quantitative estimate of drug-likeness (QED) is 0.789. The number of phenols is 1. The number of para-hydroxylation sites is 1. The third-order valence-corrected chi connectivity index (χ3v) is 3.63. The van der Waals surface area contributed by atoms with Crippen LogP contribution in [0.25, 0.3) is 0 Å². The monoisotopic (exact) mass is 326 g/mol. The number of rotatable bonds is 5. The van der Waals surface area contributed by atoms with Gasteiger partial charge in [-0.15, -0.1) is 0 Å². The van der Waals surface area contributed by atoms with Crippen molar-refractivity contribution in [1.29, 1.82) is 0 Å². The molecule has 0 aliphatic rings. The Morgan fingerprint density at radius 2 is 1.81 bits per heavy atom. The van der Waals surface area contributed by atoms with Gasteiger partial charge >= 0.3 is 0 Å². The van der Waals surface area contributed by atoms with E-state index >= 15 is 0 Å². The maximum atomic E-state index is 11.2. The van der Waals surface area contributed by atoms with Crippen LogP contribution in [0.2, 0.25) is 5.02 Å². The van der Waals surface area contributed by atoms with Gasteiger partial charge in [-0.05, 0) is 24.3 Å². The minimum atomic E-state index is -3.31. The van der Waals surface area contributed by atoms with Crippen LogP contribution in [0, 0.1) is 0 Å². The van der Waals surface area contributed by atoms with E-state index in [1.165, 1.54) is 0 Å². The van der Waals surface area contributed by atoms with Crippen LogP contribution in [0.5, 0.6) is 5.75 Å². The molecule has 2 aromatic rings. The van der Waals surface area contributed by atoms with Crippen LogP contribution in [-0.4, -0.2) is 19.8 Å². The van der Waals surface area contributed by atoms with Gasteiger partial charge in [-0.25, -0.2) is 8.42 Å². The zero-order valence-electron chi connectivity index (χ0n) is 11.3. The van der Waals surface area contributed by atoms with Gasteiger partial charge in [0, 0.05) is 17.8 Å². The fourth-order valence-electron chi connectivity index (χ4n) is 1.81. The van der Waals surface area contributed by atoms with Gasteiger partial charge in [0.25, 0.3) is 0 Å². The van der Waals surface area contributed by atoms with Gasteiger partial charge in [-0.3, -0.25) is 4.72 Å². The fourth-order valence-corrected chi connectivity index (χ4v) is 2.56. The molecule has 0 unspecified atom stereocenters. The van der Waals surface area contributed by atoms with E-state index in [0.29, 0.717) is 22.8 Å². The number of aromatic hydroxyl groups is 1. The van der Waals surface area contributed by atoms with Gasteiger partial charge in [0.2, 0.25) is 10.0 Å². The normalized spacial score (nSPS) is 11.1. The number of hydrogen-bond donors (Lipinski definition) is 3. The third-order valence-electron chi connectivity index (χ3n) is 2.72. The maximum Gasteiger partial charge on any atom is 0.229 e. The van der Waals surface area contributed by atoms with Crippen molar-refractivity contribution < 1.29 is 13.5 Å². The van der Waals surface area contributed by atoms with Crippen molar-refractivity contribution in [3.63, 3.8) is 0 Å². The summed E-state index contributed by atoms with van der Waals surface area (Å²) < 4.78 is 24.8. The van der Waals surface area contributed by atoms with Crippen molar-refractivity contribution in [2.75, 3.05) is 16.3 Å². The molecule has 21 heavy (non-hydrogen) atoms. The highest BCUT2D eigenvalue weighted by Crippen LogP contribution is 2.27. The van der Waals surface area contributed by atoms with E-state index in [2.05, 4.69) is 10.0 Å². The first-order chi connectivity index (χ1) is 9.85. The standard InChI is InChI=1S/C14H15ClN2O3S/c1-21(19,20)17-12-6-3-5-11(8-12)16-9-10-4-2-7-13(15)14(10)18/h2-8,16-18H,9H2,1H3. The van der Waals surface area contributed by atoms with Gasteiger partial charge < -0.3 is 10.4 Å². The van der Waals surface area contributed by atoms with Gasteiger partial charge in [-0.1, -0.05) is 29.8 Å². The maximum absolute atomic E-state index is 11.2. The van der Waals surface area contributed by atoms with Crippen LogP contribution in [-0.2, 0) is 16.6 Å². The second-order valence-electron chi connectivity index (χ2n) is 4.56. The van der Waals surface area contributed by atoms with Gasteiger partial charge in [0.05, 0.1) is 17.0 Å². The van der Waals surface area contributed by atoms with Crippen molar-refractivity contribution in [3.05, 3.63) is 53.1 Å². The zero-order valence-corrected chi connectivity index (χ0v) is 12.9. The first-order valence-electron chi connectivity index (χ1n) is 6.13. The summed E-state index contributed by atoms with van der Waals surface area (Å²) in [7, 11) is -3.31. The number of hydrogen-bond acceptors (Lipinski definition) is 4. The Kier molecular flexibility index (Phi) is 4.59. The molecule has 0 spiro atoms. The molecule has 0 atom stereocenters. The fraction of sp³-hybridized carbons (Fsp3) is 0.143. The second kappa shape index (κ2) is 6.24. The molecule has 0 heterocycles. The van der Waals surface area contributed by atoms with E-state index in [1.54, 1.807) is 42.5 Å². The van der Waals surface area contributed by atoms with Crippen molar-refractivity contribution in [2.24, 2.45) is 0 Å². The predicted molar refractivity (Wildman–Crippen MR) is 85.4 cm³/mol. The van der Waals surface area contributed by atoms with Crippen molar-refractivity contribution in [1.82, 2.24) is 0 Å². The number of halogens is 1. The lowest BCUT2D eigenvalue weighted by molar-refractivity contribution is 0.469. The Balaban J connectivity index is 2.10. The molecule has 2 rings (SSSR count). The van der Waals surface area contributed by atoms with E-state index in [4.69, 9.17) is 11.6 Å². The highest BCUT2D eigenvalue weighted by molar-refractivity contribution is 7.92. The molecule has 3 N–H and O–H groups in total. The summed E-state index contributed by atoms with van der Waals surface area (Å²) in [5.74, 6) is 0.0390. The molecule has 0 aliphatic heterocycles. The Labute approximate surface area is 128 Å². The van der Waals surface area contributed by atoms with Crippen molar-refractivity contribution >= 4 is 33.0 Å². The van der Waals surface area contributed by atoms with Crippen molar-refractivity contribution in [3.8, 4) is 5.75 Å². The molecule has 0 fully saturated rings. The summed E-state index contributed by atoms with van der Waals surface area (Å²) in [5, 5.41) is 13.2. The van der Waals surface area contributed by atoms with Crippen LogP contribution in [0.4, 0.5) is 11.4 Å².